The molecule has 2 heterocycles. The van der Waals surface area contributed by atoms with Crippen molar-refractivity contribution in [2.24, 2.45) is 5.41 Å². The van der Waals surface area contributed by atoms with Crippen LogP contribution in [-0.2, 0) is 11.3 Å². The average Bonchev–Trinajstić information content (AvgIpc) is 2.77. The van der Waals surface area contributed by atoms with Crippen LogP contribution in [0.15, 0.2) is 48.5 Å². The van der Waals surface area contributed by atoms with Crippen LogP contribution in [0.3, 0.4) is 0 Å². The summed E-state index contributed by atoms with van der Waals surface area (Å²) in [6, 6.07) is 17.2. The van der Waals surface area contributed by atoms with Crippen molar-refractivity contribution in [3.8, 4) is 0 Å². The Bertz CT molecular complexity index is 714. The van der Waals surface area contributed by atoms with Gasteiger partial charge in [0.05, 0.1) is 13.2 Å². The summed E-state index contributed by atoms with van der Waals surface area (Å²) in [5.74, 6) is 0.647. The van der Waals surface area contributed by atoms with Crippen molar-refractivity contribution in [1.82, 2.24) is 4.57 Å². The zero-order chi connectivity index (χ0) is 13.6. The number of fused-ring (bicyclic) bond motifs is 3. The quantitative estimate of drug-likeness (QED) is 0.662. The molecule has 2 nitrogen and oxygen atoms in total. The Morgan fingerprint density at radius 2 is 1.50 bits per heavy atom. The van der Waals surface area contributed by atoms with Crippen LogP contribution in [-0.4, -0.2) is 23.7 Å². The summed E-state index contributed by atoms with van der Waals surface area (Å²) in [6.45, 7) is 2.44. The van der Waals surface area contributed by atoms with Gasteiger partial charge in [0.25, 0.3) is 0 Å². The summed E-state index contributed by atoms with van der Waals surface area (Å²) < 4.78 is 7.80. The predicted molar refractivity (Wildman–Crippen MR) is 83.4 cm³/mol. The maximum absolute atomic E-state index is 6.19. The maximum Gasteiger partial charge on any atom is 0.0573 e. The molecule has 1 aliphatic rings. The highest BCUT2D eigenvalue weighted by molar-refractivity contribution is 6.18. The first-order chi connectivity index (χ1) is 9.83. The summed E-state index contributed by atoms with van der Waals surface area (Å²) in [4.78, 5) is 0. The van der Waals surface area contributed by atoms with Gasteiger partial charge in [-0.15, -0.1) is 11.6 Å². The number of rotatable bonds is 3. The number of para-hydroxylation sites is 2. The van der Waals surface area contributed by atoms with Gasteiger partial charge < -0.3 is 9.30 Å². The molecule has 1 aromatic heterocycles. The average molecular weight is 286 g/mol. The fourth-order valence-electron chi connectivity index (χ4n) is 3.11. The van der Waals surface area contributed by atoms with Crippen LogP contribution in [0.2, 0.25) is 0 Å². The molecular formula is C17H16ClNO. The van der Waals surface area contributed by atoms with Gasteiger partial charge in [0.15, 0.2) is 0 Å². The molecule has 0 aliphatic carbocycles. The maximum atomic E-state index is 6.19. The van der Waals surface area contributed by atoms with Gasteiger partial charge in [0.2, 0.25) is 0 Å². The lowest BCUT2D eigenvalue weighted by atomic mass is 9.88. The highest BCUT2D eigenvalue weighted by Gasteiger charge is 2.38. The monoisotopic (exact) mass is 285 g/mol. The smallest absolute Gasteiger partial charge is 0.0573 e. The Morgan fingerprint density at radius 3 is 1.95 bits per heavy atom. The Labute approximate surface area is 122 Å². The Morgan fingerprint density at radius 1 is 0.950 bits per heavy atom. The molecule has 1 fully saturated rings. The highest BCUT2D eigenvalue weighted by atomic mass is 35.5. The topological polar surface area (TPSA) is 14.2 Å². The van der Waals surface area contributed by atoms with Crippen molar-refractivity contribution in [1.29, 1.82) is 0 Å². The van der Waals surface area contributed by atoms with Gasteiger partial charge in [-0.1, -0.05) is 36.4 Å². The second-order valence-corrected chi connectivity index (χ2v) is 6.01. The minimum atomic E-state index is 0.0894. The van der Waals surface area contributed by atoms with Crippen molar-refractivity contribution in [3.05, 3.63) is 48.5 Å². The molecule has 4 rings (SSSR count). The summed E-state index contributed by atoms with van der Waals surface area (Å²) in [6.07, 6.45) is 0. The number of hydrogen-bond donors (Lipinski definition) is 0. The standard InChI is InChI=1S/C17H16ClNO/c18-9-17(11-20-12-17)10-19-15-7-3-1-5-13(15)14-6-2-4-8-16(14)19/h1-8H,9-12H2. The molecule has 0 amide bonds. The van der Waals surface area contributed by atoms with Crippen LogP contribution in [0.1, 0.15) is 0 Å². The number of aromatic nitrogens is 1. The van der Waals surface area contributed by atoms with E-state index in [-0.39, 0.29) is 5.41 Å². The molecule has 0 N–H and O–H groups in total. The SMILES string of the molecule is ClCC1(Cn2c3ccccc3c3ccccc32)COC1. The van der Waals surface area contributed by atoms with Crippen molar-refractivity contribution in [2.45, 2.75) is 6.54 Å². The third kappa shape index (κ3) is 1.68. The van der Waals surface area contributed by atoms with Crippen LogP contribution in [0.25, 0.3) is 21.8 Å². The van der Waals surface area contributed by atoms with Gasteiger partial charge in [-0.25, -0.2) is 0 Å². The summed E-state index contributed by atoms with van der Waals surface area (Å²) in [5.41, 5.74) is 2.65. The fraction of sp³-hybridized carbons (Fsp3) is 0.294. The summed E-state index contributed by atoms with van der Waals surface area (Å²) in [7, 11) is 0. The fourth-order valence-corrected chi connectivity index (χ4v) is 3.35. The molecule has 2 aromatic carbocycles. The van der Waals surface area contributed by atoms with Crippen LogP contribution in [0.4, 0.5) is 0 Å². The molecule has 1 saturated heterocycles. The van der Waals surface area contributed by atoms with Gasteiger partial charge in [-0.2, -0.15) is 0 Å². The van der Waals surface area contributed by atoms with Crippen LogP contribution in [0, 0.1) is 5.41 Å². The third-order valence-electron chi connectivity index (χ3n) is 4.27. The summed E-state index contributed by atoms with van der Waals surface area (Å²) >= 11 is 6.19. The van der Waals surface area contributed by atoms with E-state index in [4.69, 9.17) is 16.3 Å². The molecule has 0 spiro atoms. The van der Waals surface area contributed by atoms with Crippen LogP contribution < -0.4 is 0 Å². The largest absolute Gasteiger partial charge is 0.380 e. The van der Waals surface area contributed by atoms with Gasteiger partial charge in [0, 0.05) is 39.6 Å². The number of nitrogens with zero attached hydrogens (tertiary/aromatic N) is 1. The zero-order valence-corrected chi connectivity index (χ0v) is 11.9. The van der Waals surface area contributed by atoms with Gasteiger partial charge >= 0.3 is 0 Å². The zero-order valence-electron chi connectivity index (χ0n) is 11.2. The minimum absolute atomic E-state index is 0.0894. The predicted octanol–water partition coefficient (Wildman–Crippen LogP) is 4.05. The Kier molecular flexibility index (Phi) is 2.76. The van der Waals surface area contributed by atoms with E-state index < -0.39 is 0 Å². The number of benzene rings is 2. The van der Waals surface area contributed by atoms with Crippen molar-refractivity contribution in [2.75, 3.05) is 19.1 Å². The molecule has 3 heteroatoms. The lowest BCUT2D eigenvalue weighted by Crippen LogP contribution is -2.47. The van der Waals surface area contributed by atoms with Crippen LogP contribution >= 0.6 is 11.6 Å². The molecular weight excluding hydrogens is 270 g/mol. The number of alkyl halides is 1. The first-order valence-corrected chi connectivity index (χ1v) is 7.46. The molecule has 3 aromatic rings. The van der Waals surface area contributed by atoms with E-state index in [2.05, 4.69) is 53.1 Å². The molecule has 0 radical (unpaired) electrons. The van der Waals surface area contributed by atoms with Gasteiger partial charge in [-0.3, -0.25) is 0 Å². The van der Waals surface area contributed by atoms with E-state index in [1.54, 1.807) is 0 Å². The lowest BCUT2D eigenvalue weighted by Gasteiger charge is -2.40. The normalized spacial score (nSPS) is 17.4. The molecule has 0 atom stereocenters. The summed E-state index contributed by atoms with van der Waals surface area (Å²) in [5, 5.41) is 2.63. The van der Waals surface area contributed by atoms with E-state index >= 15 is 0 Å². The van der Waals surface area contributed by atoms with Crippen LogP contribution in [0.5, 0.6) is 0 Å². The molecule has 102 valence electrons. The van der Waals surface area contributed by atoms with E-state index in [1.807, 2.05) is 0 Å². The molecule has 0 saturated carbocycles. The van der Waals surface area contributed by atoms with Gasteiger partial charge in [-0.05, 0) is 12.1 Å². The minimum Gasteiger partial charge on any atom is -0.380 e. The van der Waals surface area contributed by atoms with Gasteiger partial charge in [0.1, 0.15) is 0 Å². The van der Waals surface area contributed by atoms with E-state index in [0.29, 0.717) is 5.88 Å². The number of halogens is 1. The number of hydrogen-bond acceptors (Lipinski definition) is 1. The molecule has 0 unspecified atom stereocenters. The van der Waals surface area contributed by atoms with Crippen molar-refractivity contribution in [3.63, 3.8) is 0 Å². The second-order valence-electron chi connectivity index (χ2n) is 5.75. The lowest BCUT2D eigenvalue weighted by molar-refractivity contribution is -0.106. The Hall–Kier alpha value is -1.51. The van der Waals surface area contributed by atoms with E-state index in [1.165, 1.54) is 21.8 Å². The van der Waals surface area contributed by atoms with E-state index in [9.17, 15) is 0 Å². The highest BCUT2D eigenvalue weighted by Crippen LogP contribution is 2.36. The number of ether oxygens (including phenoxy) is 1. The van der Waals surface area contributed by atoms with Crippen molar-refractivity contribution >= 4 is 33.4 Å². The molecule has 0 bridgehead atoms. The first-order valence-electron chi connectivity index (χ1n) is 6.93. The second kappa shape index (κ2) is 4.51. The van der Waals surface area contributed by atoms with Crippen molar-refractivity contribution < 1.29 is 4.74 Å². The first kappa shape index (κ1) is 12.2. The molecule has 1 aliphatic heterocycles. The third-order valence-corrected chi connectivity index (χ3v) is 4.84. The molecule has 20 heavy (non-hydrogen) atoms. The Balaban J connectivity index is 1.96. The van der Waals surface area contributed by atoms with E-state index in [0.717, 1.165) is 19.8 Å².